The molecule has 2 aliphatic heterocycles. The highest BCUT2D eigenvalue weighted by Gasteiger charge is 2.56. The van der Waals surface area contributed by atoms with Gasteiger partial charge in [-0.05, 0) is 72.6 Å². The van der Waals surface area contributed by atoms with Gasteiger partial charge in [-0.15, -0.1) is 0 Å². The summed E-state index contributed by atoms with van der Waals surface area (Å²) >= 11 is 0. The van der Waals surface area contributed by atoms with Crippen molar-refractivity contribution in [1.82, 2.24) is 9.97 Å². The predicted molar refractivity (Wildman–Crippen MR) is 221 cm³/mol. The van der Waals surface area contributed by atoms with Crippen molar-refractivity contribution in [3.8, 4) is 17.2 Å². The summed E-state index contributed by atoms with van der Waals surface area (Å²) in [4.78, 5) is 36.9. The number of nitrogens with zero attached hydrogens (tertiary/aromatic N) is 2. The second kappa shape index (κ2) is 16.7. The van der Waals surface area contributed by atoms with Crippen molar-refractivity contribution in [3.63, 3.8) is 0 Å². The number of benzene rings is 3. The second-order valence-electron chi connectivity index (χ2n) is 17.1. The van der Waals surface area contributed by atoms with E-state index in [0.29, 0.717) is 30.4 Å². The van der Waals surface area contributed by atoms with Crippen LogP contribution in [0.3, 0.4) is 0 Å². The quantitative estimate of drug-likeness (QED) is 0.0760. The molecule has 8 rings (SSSR count). The number of imidazole rings is 1. The number of phenolic OH excluding ortho intramolecular Hbond substituents is 2. The number of H-pyrrole nitrogens is 1. The summed E-state index contributed by atoms with van der Waals surface area (Å²) < 4.78 is 10.9. The lowest BCUT2D eigenvalue weighted by atomic mass is 9.68. The van der Waals surface area contributed by atoms with Crippen LogP contribution in [0, 0.1) is 5.92 Å². The number of rotatable bonds is 11. The van der Waals surface area contributed by atoms with E-state index >= 15 is 0 Å². The van der Waals surface area contributed by atoms with E-state index in [0.717, 1.165) is 34.3 Å². The van der Waals surface area contributed by atoms with Crippen LogP contribution in [0.2, 0.25) is 0 Å². The van der Waals surface area contributed by atoms with Crippen LogP contribution in [0.1, 0.15) is 90.4 Å². The van der Waals surface area contributed by atoms with Gasteiger partial charge in [0.05, 0.1) is 24.3 Å². The molecule has 62 heavy (non-hydrogen) atoms. The fraction of sp³-hybridized carbons (Fsp3) is 0.444. The zero-order valence-corrected chi connectivity index (χ0v) is 33.9. The van der Waals surface area contributed by atoms with E-state index in [9.17, 15) is 55.5 Å². The molecule has 17 nitrogen and oxygen atoms in total. The topological polar surface area (TPSA) is 293 Å². The van der Waals surface area contributed by atoms with Crippen molar-refractivity contribution in [1.29, 1.82) is 0 Å². The van der Waals surface area contributed by atoms with Gasteiger partial charge in [-0.3, -0.25) is 9.69 Å². The van der Waals surface area contributed by atoms with Gasteiger partial charge < -0.3 is 66.2 Å². The number of carboxylic acids is 1. The Morgan fingerprint density at radius 3 is 2.45 bits per heavy atom. The SMILES string of the molecule is C[C@@H]1c2nc[nH]c2[C@@H](c2cc(/C=C/C(=O)N3c4cc(O[C@]5(O)O[C@H](CO)[C@@H](O)[C@H](O)[C@H]5O)c(O)cc4[C@@H](C[C@]4(c5ccccc5)CCC[C@H]4N)[C@@H]3C(=O)O)ccc2O)C[C@@H]1CO. The first kappa shape index (κ1) is 43.3. The number of fused-ring (bicyclic) bond motifs is 2. The van der Waals surface area contributed by atoms with Crippen molar-refractivity contribution < 1.29 is 65.0 Å². The van der Waals surface area contributed by atoms with Crippen molar-refractivity contribution in [2.24, 2.45) is 11.7 Å². The molecular weight excluding hydrogens is 805 g/mol. The van der Waals surface area contributed by atoms with Gasteiger partial charge in [-0.25, -0.2) is 9.78 Å². The number of aromatic hydroxyl groups is 2. The summed E-state index contributed by atoms with van der Waals surface area (Å²) in [7, 11) is 0. The molecule has 2 aliphatic carbocycles. The maximum absolute atomic E-state index is 14.6. The van der Waals surface area contributed by atoms with Gasteiger partial charge in [0, 0.05) is 59.2 Å². The third-order valence-corrected chi connectivity index (χ3v) is 13.7. The zero-order valence-electron chi connectivity index (χ0n) is 33.9. The molecule has 0 unspecified atom stereocenters. The Morgan fingerprint density at radius 2 is 1.77 bits per heavy atom. The van der Waals surface area contributed by atoms with Gasteiger partial charge in [-0.1, -0.05) is 49.7 Å². The van der Waals surface area contributed by atoms with Gasteiger partial charge in [0.25, 0.3) is 5.91 Å². The summed E-state index contributed by atoms with van der Waals surface area (Å²) in [6.07, 6.45) is -0.830. The number of carbonyl (C=O) groups is 2. The van der Waals surface area contributed by atoms with E-state index in [1.807, 2.05) is 37.3 Å². The minimum absolute atomic E-state index is 0.00150. The molecule has 4 aromatic rings. The number of ether oxygens (including phenoxy) is 2. The molecule has 12 N–H and O–H groups in total. The summed E-state index contributed by atoms with van der Waals surface area (Å²) in [5.41, 5.74) is 9.91. The third-order valence-electron chi connectivity index (χ3n) is 13.7. The van der Waals surface area contributed by atoms with E-state index in [4.69, 9.17) is 15.2 Å². The Hall–Kier alpha value is -5.37. The molecule has 17 heteroatoms. The van der Waals surface area contributed by atoms with Crippen LogP contribution in [-0.2, 0) is 19.7 Å². The van der Waals surface area contributed by atoms with E-state index in [1.54, 1.807) is 18.5 Å². The number of phenols is 2. The molecule has 1 amide bonds. The summed E-state index contributed by atoms with van der Waals surface area (Å²) in [5, 5.41) is 96.2. The Kier molecular flexibility index (Phi) is 11.7. The first-order chi connectivity index (χ1) is 29.6. The first-order valence-corrected chi connectivity index (χ1v) is 20.8. The number of aliphatic hydroxyl groups is 6. The largest absolute Gasteiger partial charge is 0.508 e. The van der Waals surface area contributed by atoms with E-state index in [1.165, 1.54) is 24.3 Å². The Labute approximate surface area is 356 Å². The molecule has 0 bridgehead atoms. The van der Waals surface area contributed by atoms with E-state index in [2.05, 4.69) is 9.97 Å². The number of aromatic amines is 1. The van der Waals surface area contributed by atoms with Crippen molar-refractivity contribution in [3.05, 3.63) is 107 Å². The highest BCUT2D eigenvalue weighted by molar-refractivity contribution is 6.10. The fourth-order valence-electron chi connectivity index (χ4n) is 10.3. The lowest BCUT2D eigenvalue weighted by Crippen LogP contribution is -2.67. The lowest BCUT2D eigenvalue weighted by Gasteiger charge is -2.44. The number of hydrogen-bond donors (Lipinski definition) is 11. The summed E-state index contributed by atoms with van der Waals surface area (Å²) in [6, 6.07) is 14.7. The molecule has 330 valence electrons. The Bertz CT molecular complexity index is 2340. The van der Waals surface area contributed by atoms with Gasteiger partial charge in [0.1, 0.15) is 30.1 Å². The number of carboxylic acid groups (broad SMARTS) is 1. The lowest BCUT2D eigenvalue weighted by molar-refractivity contribution is -0.422. The number of hydrogen-bond acceptors (Lipinski definition) is 14. The first-order valence-electron chi connectivity index (χ1n) is 20.8. The van der Waals surface area contributed by atoms with E-state index < -0.39 is 77.7 Å². The van der Waals surface area contributed by atoms with Crippen LogP contribution in [0.15, 0.2) is 73.1 Å². The van der Waals surface area contributed by atoms with Crippen LogP contribution >= 0.6 is 0 Å². The number of carbonyl (C=O) groups excluding carboxylic acids is 1. The maximum Gasteiger partial charge on any atom is 0.355 e. The number of aromatic nitrogens is 2. The number of amides is 1. The highest BCUT2D eigenvalue weighted by Crippen LogP contribution is 2.55. The second-order valence-corrected chi connectivity index (χ2v) is 17.1. The molecule has 1 saturated carbocycles. The molecular formula is C45H52N4O13. The molecule has 1 saturated heterocycles. The molecule has 2 fully saturated rings. The van der Waals surface area contributed by atoms with Crippen LogP contribution in [0.25, 0.3) is 6.08 Å². The minimum atomic E-state index is -3.13. The number of anilines is 1. The molecule has 4 aliphatic rings. The molecule has 0 spiro atoms. The number of aliphatic carboxylic acids is 1. The maximum atomic E-state index is 14.6. The van der Waals surface area contributed by atoms with Crippen molar-refractivity contribution in [2.75, 3.05) is 18.1 Å². The van der Waals surface area contributed by atoms with Crippen LogP contribution in [0.5, 0.6) is 17.2 Å². The minimum Gasteiger partial charge on any atom is -0.508 e. The third kappa shape index (κ3) is 7.31. The van der Waals surface area contributed by atoms with Gasteiger partial charge in [-0.2, -0.15) is 0 Å². The van der Waals surface area contributed by atoms with Gasteiger partial charge >= 0.3 is 11.9 Å². The smallest absolute Gasteiger partial charge is 0.355 e. The molecule has 1 aromatic heterocycles. The Morgan fingerprint density at radius 1 is 1.02 bits per heavy atom. The Balaban J connectivity index is 1.19. The average molecular weight is 857 g/mol. The monoisotopic (exact) mass is 856 g/mol. The fourth-order valence-corrected chi connectivity index (χ4v) is 10.3. The van der Waals surface area contributed by atoms with Crippen LogP contribution in [-0.4, -0.2) is 123 Å². The summed E-state index contributed by atoms with van der Waals surface area (Å²) in [6.45, 7) is 1.01. The van der Waals surface area contributed by atoms with Crippen LogP contribution < -0.4 is 15.4 Å². The summed E-state index contributed by atoms with van der Waals surface area (Å²) in [5.74, 6) is -7.95. The average Bonchev–Trinajstić information content (AvgIpc) is 3.99. The van der Waals surface area contributed by atoms with E-state index in [-0.39, 0.29) is 53.8 Å². The predicted octanol–water partition coefficient (Wildman–Crippen LogP) is 2.00. The standard InChI is InChI=1S/C45H52N4O13/c1-22-24(19-50)15-28(38-37(22)47-21-48-38)27-14-23(9-11-31(27)52)10-12-36(54)49-30-17-33(61-45(60)42(57)41(56)40(55)34(20-51)62-45)32(53)16-26(30)29(39(49)43(58)59)18-44(13-5-8-35(44)46)25-6-3-2-4-7-25/h2-4,6-7,9-12,14,16-17,21-22,24,28-29,34-35,39-42,50-53,55-57,60H,5,8,13,15,18-20,46H2,1H3,(H,47,48)(H,58,59)/b12-10+/t22-,24+,28+,29+,34+,35+,39+,40+,41-,42+,44-,45-/m0/s1. The number of aliphatic hydroxyl groups excluding tert-OH is 5. The molecule has 3 heterocycles. The molecule has 12 atom stereocenters. The molecule has 3 aromatic carbocycles. The van der Waals surface area contributed by atoms with Crippen molar-refractivity contribution >= 4 is 23.6 Å². The number of nitrogens with two attached hydrogens (primary N) is 1. The van der Waals surface area contributed by atoms with Gasteiger partial charge in [0.2, 0.25) is 0 Å². The zero-order chi connectivity index (χ0) is 44.2. The van der Waals surface area contributed by atoms with Crippen LogP contribution in [0.4, 0.5) is 5.69 Å². The highest BCUT2D eigenvalue weighted by atomic mass is 16.8. The van der Waals surface area contributed by atoms with Gasteiger partial charge in [0.15, 0.2) is 17.6 Å². The van der Waals surface area contributed by atoms with Crippen molar-refractivity contribution in [2.45, 2.75) is 105 Å². The number of nitrogens with one attached hydrogen (secondary N) is 1. The molecule has 0 radical (unpaired) electrons. The normalized spacial score (nSPS) is 33.1.